The monoisotopic (exact) mass is 410 g/mol. The molecule has 0 unspecified atom stereocenters. The maximum atomic E-state index is 12.4. The minimum Gasteiger partial charge on any atom is -0.497 e. The Morgan fingerprint density at radius 2 is 2.00 bits per heavy atom. The van der Waals surface area contributed by atoms with E-state index in [1.165, 1.54) is 0 Å². The summed E-state index contributed by atoms with van der Waals surface area (Å²) < 4.78 is 11.1. The van der Waals surface area contributed by atoms with Crippen molar-refractivity contribution in [3.8, 4) is 5.75 Å². The van der Waals surface area contributed by atoms with Crippen molar-refractivity contribution in [2.75, 3.05) is 33.1 Å². The second-order valence-electron chi connectivity index (χ2n) is 7.60. The van der Waals surface area contributed by atoms with Crippen LogP contribution in [-0.2, 0) is 19.4 Å². The average Bonchev–Trinajstić information content (AvgIpc) is 3.16. The lowest BCUT2D eigenvalue weighted by Gasteiger charge is -2.07. The molecule has 0 saturated heterocycles. The number of nitrogens with zero attached hydrogens (tertiary/aromatic N) is 2. The molecule has 1 aromatic carbocycles. The van der Waals surface area contributed by atoms with Gasteiger partial charge in [0, 0.05) is 31.1 Å². The normalized spacial score (nSPS) is 11.1. The van der Waals surface area contributed by atoms with E-state index < -0.39 is 0 Å². The van der Waals surface area contributed by atoms with E-state index in [1.807, 2.05) is 50.5 Å². The number of methoxy groups -OCH3 is 1. The molecule has 0 saturated carbocycles. The first-order chi connectivity index (χ1) is 14.5. The Labute approximate surface area is 177 Å². The van der Waals surface area contributed by atoms with Gasteiger partial charge in [-0.2, -0.15) is 0 Å². The molecule has 0 bridgehead atoms. The Balaban J connectivity index is 1.43. The molecule has 0 aliphatic heterocycles. The Bertz CT molecular complexity index is 994. The molecule has 0 atom stereocenters. The van der Waals surface area contributed by atoms with Gasteiger partial charge in [0.05, 0.1) is 13.7 Å². The first-order valence-corrected chi connectivity index (χ1v) is 10.2. The molecule has 0 amide bonds. The fourth-order valence-electron chi connectivity index (χ4n) is 3.22. The zero-order chi connectivity index (χ0) is 21.3. The van der Waals surface area contributed by atoms with Gasteiger partial charge in [0.2, 0.25) is 5.95 Å². The lowest BCUT2D eigenvalue weighted by molar-refractivity contribution is 0.341. The zero-order valence-electron chi connectivity index (χ0n) is 17.9. The number of anilines is 1. The summed E-state index contributed by atoms with van der Waals surface area (Å²) in [5, 5.41) is 3.19. The third-order valence-corrected chi connectivity index (χ3v) is 4.73. The molecular formula is C23H30N4O3. The Kier molecular flexibility index (Phi) is 7.68. The molecule has 0 fully saturated rings. The van der Waals surface area contributed by atoms with Crippen molar-refractivity contribution >= 4 is 5.95 Å². The van der Waals surface area contributed by atoms with Crippen LogP contribution in [0.4, 0.5) is 5.95 Å². The number of furan rings is 1. The van der Waals surface area contributed by atoms with Crippen molar-refractivity contribution in [3.05, 3.63) is 75.6 Å². The molecular weight excluding hydrogens is 380 g/mol. The SMILES string of the molecule is COc1cccc(Cc2cnc(NCCCCc3ccc(CN(C)C)o3)[nH]c2=O)c1. The number of aryl methyl sites for hydroxylation is 1. The van der Waals surface area contributed by atoms with Crippen LogP contribution >= 0.6 is 0 Å². The van der Waals surface area contributed by atoms with E-state index in [-0.39, 0.29) is 5.56 Å². The van der Waals surface area contributed by atoms with Crippen LogP contribution in [0.1, 0.15) is 35.5 Å². The number of aromatic amines is 1. The first kappa shape index (κ1) is 21.6. The van der Waals surface area contributed by atoms with E-state index in [2.05, 4.69) is 20.2 Å². The molecule has 2 aromatic heterocycles. The number of aromatic nitrogens is 2. The molecule has 160 valence electrons. The number of hydrogen-bond donors (Lipinski definition) is 2. The van der Waals surface area contributed by atoms with Crippen molar-refractivity contribution in [1.82, 2.24) is 14.9 Å². The topological polar surface area (TPSA) is 83.4 Å². The number of unbranched alkanes of at least 4 members (excludes halogenated alkanes) is 1. The fraction of sp³-hybridized carbons (Fsp3) is 0.391. The van der Waals surface area contributed by atoms with Gasteiger partial charge in [-0.3, -0.25) is 9.78 Å². The second kappa shape index (κ2) is 10.6. The van der Waals surface area contributed by atoms with Crippen LogP contribution in [0.3, 0.4) is 0 Å². The van der Waals surface area contributed by atoms with Gasteiger partial charge in [-0.05, 0) is 56.8 Å². The number of nitrogens with one attached hydrogen (secondary N) is 2. The molecule has 2 N–H and O–H groups in total. The van der Waals surface area contributed by atoms with E-state index in [9.17, 15) is 4.79 Å². The third kappa shape index (κ3) is 6.49. The van der Waals surface area contributed by atoms with E-state index >= 15 is 0 Å². The van der Waals surface area contributed by atoms with Crippen LogP contribution in [-0.4, -0.2) is 42.6 Å². The number of benzene rings is 1. The highest BCUT2D eigenvalue weighted by atomic mass is 16.5. The summed E-state index contributed by atoms with van der Waals surface area (Å²) in [7, 11) is 5.68. The Morgan fingerprint density at radius 1 is 1.17 bits per heavy atom. The predicted molar refractivity (Wildman–Crippen MR) is 118 cm³/mol. The molecule has 0 aliphatic carbocycles. The van der Waals surface area contributed by atoms with Crippen LogP contribution in [0.2, 0.25) is 0 Å². The lowest BCUT2D eigenvalue weighted by Crippen LogP contribution is -2.17. The third-order valence-electron chi connectivity index (χ3n) is 4.73. The van der Waals surface area contributed by atoms with Gasteiger partial charge in [0.1, 0.15) is 17.3 Å². The highest BCUT2D eigenvalue weighted by Crippen LogP contribution is 2.15. The number of H-pyrrole nitrogens is 1. The molecule has 0 radical (unpaired) electrons. The molecule has 2 heterocycles. The van der Waals surface area contributed by atoms with E-state index in [0.29, 0.717) is 17.9 Å². The summed E-state index contributed by atoms with van der Waals surface area (Å²) in [4.78, 5) is 21.6. The van der Waals surface area contributed by atoms with Crippen molar-refractivity contribution in [2.24, 2.45) is 0 Å². The van der Waals surface area contributed by atoms with E-state index in [4.69, 9.17) is 9.15 Å². The van der Waals surface area contributed by atoms with Gasteiger partial charge in [0.15, 0.2) is 0 Å². The maximum absolute atomic E-state index is 12.4. The number of ether oxygens (including phenoxy) is 1. The van der Waals surface area contributed by atoms with Gasteiger partial charge in [0.25, 0.3) is 5.56 Å². The molecule has 7 nitrogen and oxygen atoms in total. The first-order valence-electron chi connectivity index (χ1n) is 10.2. The standard InChI is InChI=1S/C23H30N4O3/c1-27(2)16-21-11-10-19(30-21)8-4-5-12-24-23-25-15-18(22(28)26-23)13-17-7-6-9-20(14-17)29-3/h6-7,9-11,14-15H,4-5,8,12-13,16H2,1-3H3,(H2,24,25,26,28). The number of rotatable bonds is 11. The van der Waals surface area contributed by atoms with Gasteiger partial charge >= 0.3 is 0 Å². The van der Waals surface area contributed by atoms with Gasteiger partial charge in [-0.15, -0.1) is 0 Å². The van der Waals surface area contributed by atoms with Crippen LogP contribution in [0, 0.1) is 0 Å². The van der Waals surface area contributed by atoms with Crippen molar-refractivity contribution in [1.29, 1.82) is 0 Å². The van der Waals surface area contributed by atoms with Crippen molar-refractivity contribution in [3.63, 3.8) is 0 Å². The minimum atomic E-state index is -0.126. The molecule has 0 spiro atoms. The van der Waals surface area contributed by atoms with Crippen molar-refractivity contribution < 1.29 is 9.15 Å². The molecule has 30 heavy (non-hydrogen) atoms. The summed E-state index contributed by atoms with van der Waals surface area (Å²) >= 11 is 0. The van der Waals surface area contributed by atoms with E-state index in [1.54, 1.807) is 13.3 Å². The maximum Gasteiger partial charge on any atom is 0.255 e. The summed E-state index contributed by atoms with van der Waals surface area (Å²) in [6.45, 7) is 1.55. The Hall–Kier alpha value is -3.06. The summed E-state index contributed by atoms with van der Waals surface area (Å²) in [6, 6.07) is 11.8. The van der Waals surface area contributed by atoms with Crippen LogP contribution in [0.25, 0.3) is 0 Å². The van der Waals surface area contributed by atoms with Crippen LogP contribution in [0.15, 0.2) is 51.8 Å². The lowest BCUT2D eigenvalue weighted by atomic mass is 10.1. The highest BCUT2D eigenvalue weighted by Gasteiger charge is 2.06. The predicted octanol–water partition coefficient (Wildman–Crippen LogP) is 3.46. The summed E-state index contributed by atoms with van der Waals surface area (Å²) in [6.07, 6.45) is 5.01. The molecule has 3 aromatic rings. The highest BCUT2D eigenvalue weighted by molar-refractivity contribution is 5.33. The van der Waals surface area contributed by atoms with Gasteiger partial charge in [-0.1, -0.05) is 12.1 Å². The molecule has 7 heteroatoms. The van der Waals surface area contributed by atoms with Crippen LogP contribution in [0.5, 0.6) is 5.75 Å². The smallest absolute Gasteiger partial charge is 0.255 e. The van der Waals surface area contributed by atoms with Gasteiger partial charge in [-0.25, -0.2) is 4.98 Å². The molecule has 0 aliphatic rings. The zero-order valence-corrected chi connectivity index (χ0v) is 17.9. The average molecular weight is 411 g/mol. The quantitative estimate of drug-likeness (QED) is 0.471. The van der Waals surface area contributed by atoms with Gasteiger partial charge < -0.3 is 19.4 Å². The van der Waals surface area contributed by atoms with E-state index in [0.717, 1.165) is 55.2 Å². The second-order valence-corrected chi connectivity index (χ2v) is 7.60. The van der Waals surface area contributed by atoms with Crippen molar-refractivity contribution in [2.45, 2.75) is 32.2 Å². The minimum absolute atomic E-state index is 0.126. The fourth-order valence-corrected chi connectivity index (χ4v) is 3.22. The molecule has 3 rings (SSSR count). The Morgan fingerprint density at radius 3 is 2.77 bits per heavy atom. The summed E-state index contributed by atoms with van der Waals surface area (Å²) in [5.74, 6) is 3.28. The largest absolute Gasteiger partial charge is 0.497 e. The van der Waals surface area contributed by atoms with Crippen LogP contribution < -0.4 is 15.6 Å². The summed E-state index contributed by atoms with van der Waals surface area (Å²) in [5.41, 5.74) is 1.51. The number of hydrogen-bond acceptors (Lipinski definition) is 6.